The van der Waals surface area contributed by atoms with Crippen LogP contribution in [0.3, 0.4) is 0 Å². The summed E-state index contributed by atoms with van der Waals surface area (Å²) >= 11 is 0. The second-order valence-electron chi connectivity index (χ2n) is 6.89. The molecule has 6 nitrogen and oxygen atoms in total. The Morgan fingerprint density at radius 3 is 3.00 bits per heavy atom. The van der Waals surface area contributed by atoms with Gasteiger partial charge in [0.25, 0.3) is 5.91 Å². The summed E-state index contributed by atoms with van der Waals surface area (Å²) in [6, 6.07) is 8.02. The van der Waals surface area contributed by atoms with Crippen LogP contribution in [0.2, 0.25) is 0 Å². The van der Waals surface area contributed by atoms with Crippen LogP contribution in [-0.4, -0.2) is 43.4 Å². The van der Waals surface area contributed by atoms with Gasteiger partial charge in [-0.3, -0.25) is 14.6 Å². The van der Waals surface area contributed by atoms with Gasteiger partial charge < -0.3 is 4.90 Å². The summed E-state index contributed by atoms with van der Waals surface area (Å²) < 4.78 is 2.03. The number of hydrogen-bond acceptors (Lipinski definition) is 3. The Hall–Kier alpha value is -2.63. The molecule has 6 heteroatoms. The molecule has 2 aromatic heterocycles. The molecule has 130 valence electrons. The molecule has 1 aliphatic rings. The Bertz CT molecular complexity index is 910. The number of amides is 1. The summed E-state index contributed by atoms with van der Waals surface area (Å²) in [7, 11) is 0. The first kappa shape index (κ1) is 15.9. The van der Waals surface area contributed by atoms with Gasteiger partial charge in [-0.15, -0.1) is 0 Å². The lowest BCUT2D eigenvalue weighted by molar-refractivity contribution is 0.0585. The fourth-order valence-corrected chi connectivity index (χ4v) is 3.83. The van der Waals surface area contributed by atoms with E-state index >= 15 is 0 Å². The lowest BCUT2D eigenvalue weighted by atomic mass is 9.99. The van der Waals surface area contributed by atoms with Gasteiger partial charge in [0.2, 0.25) is 0 Å². The van der Waals surface area contributed by atoms with Crippen molar-refractivity contribution in [3.8, 4) is 0 Å². The number of rotatable bonds is 3. The zero-order chi connectivity index (χ0) is 17.4. The van der Waals surface area contributed by atoms with Gasteiger partial charge in [-0.25, -0.2) is 0 Å². The van der Waals surface area contributed by atoms with Crippen LogP contribution in [0.15, 0.2) is 30.5 Å². The van der Waals surface area contributed by atoms with E-state index in [4.69, 9.17) is 0 Å². The molecular weight excluding hydrogens is 314 g/mol. The van der Waals surface area contributed by atoms with Crippen LogP contribution in [0, 0.1) is 13.8 Å². The Labute approximate surface area is 146 Å². The first-order chi connectivity index (χ1) is 12.1. The molecule has 1 aliphatic heterocycles. The molecule has 3 heterocycles. The average Bonchev–Trinajstić information content (AvgIpc) is 3.21. The van der Waals surface area contributed by atoms with Gasteiger partial charge in [-0.05, 0) is 51.3 Å². The zero-order valence-electron chi connectivity index (χ0n) is 14.7. The van der Waals surface area contributed by atoms with Crippen LogP contribution in [0.25, 0.3) is 10.9 Å². The number of fused-ring (bicyclic) bond motifs is 1. The van der Waals surface area contributed by atoms with Crippen LogP contribution < -0.4 is 0 Å². The third-order valence-electron chi connectivity index (χ3n) is 5.09. The fraction of sp³-hybridized carbons (Fsp3) is 0.421. The minimum absolute atomic E-state index is 0.0956. The van der Waals surface area contributed by atoms with Crippen LogP contribution in [0.5, 0.6) is 0 Å². The number of carbonyl (C=O) groups excluding carboxylic acids is 1. The molecule has 1 N–H and O–H groups in total. The highest BCUT2D eigenvalue weighted by molar-refractivity contribution is 6.06. The second-order valence-corrected chi connectivity index (χ2v) is 6.89. The van der Waals surface area contributed by atoms with Gasteiger partial charge in [0.15, 0.2) is 0 Å². The second kappa shape index (κ2) is 6.35. The third kappa shape index (κ3) is 2.92. The van der Waals surface area contributed by atoms with Crippen LogP contribution in [0.4, 0.5) is 0 Å². The lowest BCUT2D eigenvalue weighted by Gasteiger charge is -2.36. The van der Waals surface area contributed by atoms with Crippen molar-refractivity contribution in [1.29, 1.82) is 0 Å². The fourth-order valence-electron chi connectivity index (χ4n) is 3.83. The maximum atomic E-state index is 13.3. The normalized spacial score (nSPS) is 18.0. The van der Waals surface area contributed by atoms with Crippen molar-refractivity contribution < 1.29 is 4.79 Å². The summed E-state index contributed by atoms with van der Waals surface area (Å²) in [6.45, 7) is 5.64. The van der Waals surface area contributed by atoms with Gasteiger partial charge in [-0.1, -0.05) is 6.07 Å². The molecule has 0 radical (unpaired) electrons. The number of aromatic nitrogens is 4. The van der Waals surface area contributed by atoms with Crippen molar-refractivity contribution in [2.45, 2.75) is 45.7 Å². The highest BCUT2D eigenvalue weighted by atomic mass is 16.2. The first-order valence-electron chi connectivity index (χ1n) is 8.87. The number of likely N-dealkylation sites (tertiary alicyclic amines) is 1. The van der Waals surface area contributed by atoms with E-state index in [1.54, 1.807) is 6.20 Å². The molecule has 0 bridgehead atoms. The van der Waals surface area contributed by atoms with E-state index < -0.39 is 0 Å². The van der Waals surface area contributed by atoms with E-state index in [1.165, 1.54) is 0 Å². The summed E-state index contributed by atoms with van der Waals surface area (Å²) in [6.07, 6.45) is 4.97. The van der Waals surface area contributed by atoms with E-state index in [2.05, 4.69) is 28.3 Å². The Kier molecular flexibility index (Phi) is 4.03. The van der Waals surface area contributed by atoms with Crippen LogP contribution in [-0.2, 0) is 6.54 Å². The summed E-state index contributed by atoms with van der Waals surface area (Å²) in [5.74, 6) is 0.0956. The van der Waals surface area contributed by atoms with Crippen molar-refractivity contribution in [2.24, 2.45) is 0 Å². The van der Waals surface area contributed by atoms with Gasteiger partial charge in [0, 0.05) is 17.6 Å². The maximum Gasteiger partial charge on any atom is 0.254 e. The number of piperidine rings is 1. The molecule has 1 saturated heterocycles. The number of benzene rings is 1. The minimum Gasteiger partial charge on any atom is -0.334 e. The van der Waals surface area contributed by atoms with E-state index in [-0.39, 0.29) is 11.9 Å². The van der Waals surface area contributed by atoms with Crippen molar-refractivity contribution in [2.75, 3.05) is 6.54 Å². The minimum atomic E-state index is 0.0956. The van der Waals surface area contributed by atoms with Gasteiger partial charge >= 0.3 is 0 Å². The van der Waals surface area contributed by atoms with E-state index in [0.29, 0.717) is 0 Å². The summed E-state index contributed by atoms with van der Waals surface area (Å²) in [4.78, 5) is 15.3. The molecule has 0 spiro atoms. The van der Waals surface area contributed by atoms with Crippen molar-refractivity contribution >= 4 is 16.8 Å². The van der Waals surface area contributed by atoms with Crippen LogP contribution in [0.1, 0.15) is 41.0 Å². The number of carbonyl (C=O) groups is 1. The monoisotopic (exact) mass is 337 g/mol. The lowest BCUT2D eigenvalue weighted by Crippen LogP contribution is -2.46. The standard InChI is InChI=1S/C19H23N5O/c1-13-10-14(2)24(22-13)12-15-6-3-4-9-23(15)19(25)16-7-5-8-18-17(16)11-20-21-18/h5,7-8,10-11,15H,3-4,6,9,12H2,1-2H3,(H,20,21). The predicted molar refractivity (Wildman–Crippen MR) is 96.5 cm³/mol. The van der Waals surface area contributed by atoms with Gasteiger partial charge in [-0.2, -0.15) is 10.2 Å². The van der Waals surface area contributed by atoms with Crippen molar-refractivity contribution in [3.63, 3.8) is 0 Å². The number of hydrogen-bond donors (Lipinski definition) is 1. The van der Waals surface area contributed by atoms with Crippen molar-refractivity contribution in [1.82, 2.24) is 24.9 Å². The maximum absolute atomic E-state index is 13.3. The molecule has 0 aliphatic carbocycles. The average molecular weight is 337 g/mol. The van der Waals surface area contributed by atoms with E-state index in [9.17, 15) is 4.79 Å². The molecule has 0 saturated carbocycles. The molecule has 1 atom stereocenters. The number of nitrogens with zero attached hydrogens (tertiary/aromatic N) is 4. The SMILES string of the molecule is Cc1cc(C)n(CC2CCCCN2C(=O)c2cccc3[nH]ncc23)n1. The Morgan fingerprint density at radius 1 is 1.32 bits per heavy atom. The molecule has 25 heavy (non-hydrogen) atoms. The van der Waals surface area contributed by atoms with E-state index in [0.717, 1.165) is 60.2 Å². The Morgan fingerprint density at radius 2 is 2.20 bits per heavy atom. The molecule has 3 aromatic rings. The number of aromatic amines is 1. The topological polar surface area (TPSA) is 66.8 Å². The molecule has 1 amide bonds. The predicted octanol–water partition coefficient (Wildman–Crippen LogP) is 3.07. The Balaban J connectivity index is 1.63. The largest absolute Gasteiger partial charge is 0.334 e. The molecule has 1 fully saturated rings. The van der Waals surface area contributed by atoms with Gasteiger partial charge in [0.05, 0.1) is 35.6 Å². The highest BCUT2D eigenvalue weighted by Gasteiger charge is 2.29. The van der Waals surface area contributed by atoms with Crippen molar-refractivity contribution in [3.05, 3.63) is 47.4 Å². The highest BCUT2D eigenvalue weighted by Crippen LogP contribution is 2.24. The molecule has 1 unspecified atom stereocenters. The third-order valence-corrected chi connectivity index (χ3v) is 5.09. The molecule has 4 rings (SSSR count). The van der Waals surface area contributed by atoms with Gasteiger partial charge in [0.1, 0.15) is 0 Å². The quantitative estimate of drug-likeness (QED) is 0.799. The van der Waals surface area contributed by atoms with E-state index in [1.807, 2.05) is 34.7 Å². The number of nitrogens with one attached hydrogen (secondary N) is 1. The summed E-state index contributed by atoms with van der Waals surface area (Å²) in [5, 5.41) is 12.5. The number of aryl methyl sites for hydroxylation is 2. The molecule has 1 aromatic carbocycles. The zero-order valence-corrected chi connectivity index (χ0v) is 14.7. The van der Waals surface area contributed by atoms with Crippen LogP contribution >= 0.6 is 0 Å². The smallest absolute Gasteiger partial charge is 0.254 e. The number of H-pyrrole nitrogens is 1. The summed E-state index contributed by atoms with van der Waals surface area (Å²) in [5.41, 5.74) is 3.80. The first-order valence-corrected chi connectivity index (χ1v) is 8.87. The molecular formula is C19H23N5O.